The van der Waals surface area contributed by atoms with Crippen molar-refractivity contribution in [3.05, 3.63) is 101 Å². The quantitative estimate of drug-likeness (QED) is 0.555. The first-order valence-corrected chi connectivity index (χ1v) is 9.76. The van der Waals surface area contributed by atoms with Gasteiger partial charge >= 0.3 is 6.18 Å². The van der Waals surface area contributed by atoms with Crippen molar-refractivity contribution in [1.82, 2.24) is 5.32 Å². The summed E-state index contributed by atoms with van der Waals surface area (Å²) in [6, 6.07) is 22.5. The summed E-state index contributed by atoms with van der Waals surface area (Å²) in [7, 11) is 0. The molecule has 1 aliphatic rings. The van der Waals surface area contributed by atoms with Gasteiger partial charge in [0.05, 0.1) is 5.56 Å². The van der Waals surface area contributed by atoms with Crippen molar-refractivity contribution in [2.24, 2.45) is 0 Å². The molecule has 1 amide bonds. The van der Waals surface area contributed by atoms with Crippen LogP contribution >= 0.6 is 0 Å². The smallest absolute Gasteiger partial charge is 0.322 e. The van der Waals surface area contributed by atoms with Crippen LogP contribution in [0, 0.1) is 0 Å². The van der Waals surface area contributed by atoms with Crippen LogP contribution in [-0.4, -0.2) is 11.9 Å². The molecular formula is C24H21F3N2O. The molecule has 3 aromatic rings. The molecule has 3 nitrogen and oxygen atoms in total. The van der Waals surface area contributed by atoms with E-state index in [0.29, 0.717) is 17.6 Å². The van der Waals surface area contributed by atoms with E-state index in [4.69, 9.17) is 0 Å². The lowest BCUT2D eigenvalue weighted by Gasteiger charge is -2.10. The van der Waals surface area contributed by atoms with Gasteiger partial charge in [-0.2, -0.15) is 13.2 Å². The molecule has 1 aliphatic carbocycles. The Morgan fingerprint density at radius 3 is 2.37 bits per heavy atom. The SMILES string of the molecule is O=C(Nc1ccc(C2CC2NCc2ccccc2)cc1)c1cccc(C(F)(F)F)c1. The van der Waals surface area contributed by atoms with Crippen LogP contribution in [-0.2, 0) is 12.7 Å². The van der Waals surface area contributed by atoms with Crippen molar-refractivity contribution in [2.75, 3.05) is 5.32 Å². The van der Waals surface area contributed by atoms with Crippen molar-refractivity contribution in [3.63, 3.8) is 0 Å². The van der Waals surface area contributed by atoms with Crippen molar-refractivity contribution in [2.45, 2.75) is 31.1 Å². The molecule has 2 N–H and O–H groups in total. The molecule has 2 atom stereocenters. The third kappa shape index (κ3) is 4.89. The van der Waals surface area contributed by atoms with Gasteiger partial charge in [-0.3, -0.25) is 4.79 Å². The Bertz CT molecular complexity index is 1020. The number of alkyl halides is 3. The highest BCUT2D eigenvalue weighted by atomic mass is 19.4. The maximum Gasteiger partial charge on any atom is 0.416 e. The Morgan fingerprint density at radius 2 is 1.67 bits per heavy atom. The minimum absolute atomic E-state index is 0.0266. The highest BCUT2D eigenvalue weighted by Crippen LogP contribution is 2.41. The Kier molecular flexibility index (Phi) is 5.59. The largest absolute Gasteiger partial charge is 0.416 e. The van der Waals surface area contributed by atoms with Crippen molar-refractivity contribution < 1.29 is 18.0 Å². The second-order valence-electron chi connectivity index (χ2n) is 7.47. The molecule has 2 unspecified atom stereocenters. The van der Waals surface area contributed by atoms with Crippen molar-refractivity contribution in [1.29, 1.82) is 0 Å². The number of hydrogen-bond donors (Lipinski definition) is 2. The number of rotatable bonds is 6. The number of anilines is 1. The maximum absolute atomic E-state index is 12.8. The van der Waals surface area contributed by atoms with E-state index in [0.717, 1.165) is 25.1 Å². The minimum Gasteiger partial charge on any atom is -0.322 e. The number of benzene rings is 3. The third-order valence-electron chi connectivity index (χ3n) is 5.25. The molecule has 0 bridgehead atoms. The lowest BCUT2D eigenvalue weighted by Crippen LogP contribution is -2.17. The fourth-order valence-corrected chi connectivity index (χ4v) is 3.49. The average Bonchev–Trinajstić information content (AvgIpc) is 3.53. The molecule has 3 aromatic carbocycles. The number of carbonyl (C=O) groups is 1. The summed E-state index contributed by atoms with van der Waals surface area (Å²) in [5.41, 5.74) is 2.11. The second-order valence-corrected chi connectivity index (χ2v) is 7.47. The molecule has 0 saturated heterocycles. The molecule has 1 fully saturated rings. The summed E-state index contributed by atoms with van der Waals surface area (Å²) in [6.07, 6.45) is -3.42. The first kappa shape index (κ1) is 20.2. The van der Waals surface area contributed by atoms with E-state index in [1.54, 1.807) is 12.1 Å². The Hall–Kier alpha value is -3.12. The predicted octanol–water partition coefficient (Wildman–Crippen LogP) is 5.60. The van der Waals surface area contributed by atoms with Crippen LogP contribution in [0.15, 0.2) is 78.9 Å². The maximum atomic E-state index is 12.8. The van der Waals surface area contributed by atoms with Gasteiger partial charge in [0.25, 0.3) is 5.91 Å². The van der Waals surface area contributed by atoms with Gasteiger partial charge in [-0.05, 0) is 47.9 Å². The van der Waals surface area contributed by atoms with Gasteiger partial charge in [0.1, 0.15) is 0 Å². The van der Waals surface area contributed by atoms with E-state index in [1.165, 1.54) is 23.3 Å². The number of nitrogens with one attached hydrogen (secondary N) is 2. The van der Waals surface area contributed by atoms with Gasteiger partial charge in [0.2, 0.25) is 0 Å². The standard InChI is InChI=1S/C24H21F3N2O/c25-24(26,27)19-8-4-7-18(13-19)23(30)29-20-11-9-17(10-12-20)21-14-22(21)28-15-16-5-2-1-3-6-16/h1-13,21-22,28H,14-15H2,(H,29,30). The van der Waals surface area contributed by atoms with Crippen LogP contribution in [0.1, 0.15) is 39.4 Å². The zero-order valence-corrected chi connectivity index (χ0v) is 16.1. The van der Waals surface area contributed by atoms with Crippen LogP contribution < -0.4 is 10.6 Å². The molecule has 6 heteroatoms. The molecule has 0 aromatic heterocycles. The van der Waals surface area contributed by atoms with Crippen LogP contribution in [0.3, 0.4) is 0 Å². The minimum atomic E-state index is -4.48. The van der Waals surface area contributed by atoms with E-state index < -0.39 is 17.6 Å². The molecular weight excluding hydrogens is 389 g/mol. The summed E-state index contributed by atoms with van der Waals surface area (Å²) in [5.74, 6) is -0.135. The summed E-state index contributed by atoms with van der Waals surface area (Å²) in [6.45, 7) is 0.827. The molecule has 30 heavy (non-hydrogen) atoms. The second kappa shape index (κ2) is 8.32. The zero-order valence-electron chi connectivity index (χ0n) is 16.1. The van der Waals surface area contributed by atoms with Gasteiger partial charge in [0.15, 0.2) is 0 Å². The first-order chi connectivity index (χ1) is 14.4. The molecule has 1 saturated carbocycles. The Labute approximate surface area is 172 Å². The lowest BCUT2D eigenvalue weighted by atomic mass is 10.1. The monoisotopic (exact) mass is 410 g/mol. The highest BCUT2D eigenvalue weighted by Gasteiger charge is 2.37. The molecule has 0 radical (unpaired) electrons. The van der Waals surface area contributed by atoms with E-state index in [-0.39, 0.29) is 5.56 Å². The van der Waals surface area contributed by atoms with E-state index >= 15 is 0 Å². The molecule has 0 spiro atoms. The van der Waals surface area contributed by atoms with Crippen molar-refractivity contribution in [3.8, 4) is 0 Å². The zero-order chi connectivity index (χ0) is 21.1. The van der Waals surface area contributed by atoms with Gasteiger partial charge in [-0.15, -0.1) is 0 Å². The van der Waals surface area contributed by atoms with Crippen LogP contribution in [0.25, 0.3) is 0 Å². The highest BCUT2D eigenvalue weighted by molar-refractivity contribution is 6.04. The topological polar surface area (TPSA) is 41.1 Å². The van der Waals surface area contributed by atoms with Gasteiger partial charge in [0, 0.05) is 29.8 Å². The van der Waals surface area contributed by atoms with E-state index in [9.17, 15) is 18.0 Å². The third-order valence-corrected chi connectivity index (χ3v) is 5.25. The van der Waals surface area contributed by atoms with Gasteiger partial charge < -0.3 is 10.6 Å². The van der Waals surface area contributed by atoms with Gasteiger partial charge in [-0.25, -0.2) is 0 Å². The molecule has 4 rings (SSSR count). The summed E-state index contributed by atoms with van der Waals surface area (Å²) >= 11 is 0. The van der Waals surface area contributed by atoms with Crippen LogP contribution in [0.4, 0.5) is 18.9 Å². The summed E-state index contributed by atoms with van der Waals surface area (Å²) < 4.78 is 38.5. The van der Waals surface area contributed by atoms with Crippen molar-refractivity contribution >= 4 is 11.6 Å². The number of carbonyl (C=O) groups excluding carboxylic acids is 1. The van der Waals surface area contributed by atoms with Crippen LogP contribution in [0.5, 0.6) is 0 Å². The number of halogens is 3. The van der Waals surface area contributed by atoms with E-state index in [1.807, 2.05) is 30.3 Å². The molecule has 0 aliphatic heterocycles. The predicted molar refractivity (Wildman–Crippen MR) is 110 cm³/mol. The molecule has 0 heterocycles. The number of amides is 1. The van der Waals surface area contributed by atoms with Gasteiger partial charge in [-0.1, -0.05) is 48.5 Å². The summed E-state index contributed by atoms with van der Waals surface area (Å²) in [5, 5.41) is 6.20. The number of hydrogen-bond acceptors (Lipinski definition) is 2. The lowest BCUT2D eigenvalue weighted by molar-refractivity contribution is -0.137. The molecule has 154 valence electrons. The Morgan fingerprint density at radius 1 is 0.933 bits per heavy atom. The first-order valence-electron chi connectivity index (χ1n) is 9.76. The summed E-state index contributed by atoms with van der Waals surface area (Å²) in [4.78, 5) is 12.3. The Balaban J connectivity index is 1.33. The van der Waals surface area contributed by atoms with E-state index in [2.05, 4.69) is 22.8 Å². The van der Waals surface area contributed by atoms with Crippen LogP contribution in [0.2, 0.25) is 0 Å². The fraction of sp³-hybridized carbons (Fsp3) is 0.208. The average molecular weight is 410 g/mol. The normalized spacial score (nSPS) is 18.1. The fourth-order valence-electron chi connectivity index (χ4n) is 3.49.